The summed E-state index contributed by atoms with van der Waals surface area (Å²) >= 11 is 0. The van der Waals surface area contributed by atoms with Crippen LogP contribution in [0.3, 0.4) is 0 Å². The number of hydrogen-bond acceptors (Lipinski definition) is 4. The Morgan fingerprint density at radius 3 is 2.50 bits per heavy atom. The highest BCUT2D eigenvalue weighted by atomic mass is 16.5. The fourth-order valence-electron chi connectivity index (χ4n) is 2.51. The lowest BCUT2D eigenvalue weighted by Crippen LogP contribution is -2.58. The molecule has 0 spiro atoms. The summed E-state index contributed by atoms with van der Waals surface area (Å²) in [5, 5.41) is 0. The van der Waals surface area contributed by atoms with E-state index in [4.69, 9.17) is 10.5 Å². The molecule has 0 amide bonds. The SMILES string of the molecule is COc1ccc(N2CC(C)N(C)C(CN)C2)cc1. The molecule has 2 N–H and O–H groups in total. The van der Waals surface area contributed by atoms with Crippen molar-refractivity contribution >= 4 is 5.69 Å². The van der Waals surface area contributed by atoms with Gasteiger partial charge in [-0.05, 0) is 38.2 Å². The molecule has 18 heavy (non-hydrogen) atoms. The molecular formula is C14H23N3O. The maximum atomic E-state index is 5.85. The van der Waals surface area contributed by atoms with Gasteiger partial charge >= 0.3 is 0 Å². The van der Waals surface area contributed by atoms with Crippen molar-refractivity contribution in [1.82, 2.24) is 4.90 Å². The summed E-state index contributed by atoms with van der Waals surface area (Å²) in [7, 11) is 3.85. The maximum absolute atomic E-state index is 5.85. The van der Waals surface area contributed by atoms with Gasteiger partial charge in [-0.15, -0.1) is 0 Å². The molecule has 4 heteroatoms. The summed E-state index contributed by atoms with van der Waals surface area (Å²) < 4.78 is 5.19. The first-order chi connectivity index (χ1) is 8.65. The fraction of sp³-hybridized carbons (Fsp3) is 0.571. The van der Waals surface area contributed by atoms with E-state index in [0.717, 1.165) is 18.8 Å². The second-order valence-corrected chi connectivity index (χ2v) is 5.01. The van der Waals surface area contributed by atoms with Crippen molar-refractivity contribution in [2.24, 2.45) is 5.73 Å². The first-order valence-corrected chi connectivity index (χ1v) is 6.46. The number of nitrogens with two attached hydrogens (primary N) is 1. The third-order valence-corrected chi connectivity index (χ3v) is 3.90. The maximum Gasteiger partial charge on any atom is 0.119 e. The fourth-order valence-corrected chi connectivity index (χ4v) is 2.51. The van der Waals surface area contributed by atoms with Crippen LogP contribution < -0.4 is 15.4 Å². The van der Waals surface area contributed by atoms with E-state index < -0.39 is 0 Å². The first kappa shape index (κ1) is 13.2. The molecule has 0 saturated carbocycles. The Hall–Kier alpha value is -1.26. The lowest BCUT2D eigenvalue weighted by atomic mass is 10.1. The van der Waals surface area contributed by atoms with Gasteiger partial charge < -0.3 is 15.4 Å². The number of nitrogens with zero attached hydrogens (tertiary/aromatic N) is 2. The Morgan fingerprint density at radius 2 is 1.94 bits per heavy atom. The number of hydrogen-bond donors (Lipinski definition) is 1. The minimum absolute atomic E-state index is 0.427. The molecule has 1 heterocycles. The van der Waals surface area contributed by atoms with Crippen LogP contribution in [0, 0.1) is 0 Å². The Bertz CT molecular complexity index is 379. The molecule has 1 aliphatic heterocycles. The van der Waals surface area contributed by atoms with Gasteiger partial charge in [-0.3, -0.25) is 4.90 Å². The average Bonchev–Trinajstić information content (AvgIpc) is 2.42. The molecule has 1 aliphatic rings. The smallest absolute Gasteiger partial charge is 0.119 e. The topological polar surface area (TPSA) is 41.7 Å². The van der Waals surface area contributed by atoms with Gasteiger partial charge in [0.05, 0.1) is 7.11 Å². The van der Waals surface area contributed by atoms with Crippen molar-refractivity contribution in [3.63, 3.8) is 0 Å². The van der Waals surface area contributed by atoms with E-state index in [1.54, 1.807) is 7.11 Å². The second kappa shape index (κ2) is 5.59. The molecule has 0 bridgehead atoms. The zero-order chi connectivity index (χ0) is 13.1. The molecule has 1 fully saturated rings. The largest absolute Gasteiger partial charge is 0.497 e. The first-order valence-electron chi connectivity index (χ1n) is 6.46. The molecule has 2 rings (SSSR count). The lowest BCUT2D eigenvalue weighted by Gasteiger charge is -2.44. The molecule has 2 unspecified atom stereocenters. The molecule has 4 nitrogen and oxygen atoms in total. The molecule has 1 aromatic carbocycles. The lowest BCUT2D eigenvalue weighted by molar-refractivity contribution is 0.162. The van der Waals surface area contributed by atoms with E-state index in [-0.39, 0.29) is 0 Å². The van der Waals surface area contributed by atoms with Crippen molar-refractivity contribution in [2.45, 2.75) is 19.0 Å². The van der Waals surface area contributed by atoms with Crippen molar-refractivity contribution in [3.8, 4) is 5.75 Å². The normalized spacial score (nSPS) is 25.2. The number of rotatable bonds is 3. The summed E-state index contributed by atoms with van der Waals surface area (Å²) in [6.45, 7) is 4.98. The van der Waals surface area contributed by atoms with Crippen LogP contribution >= 0.6 is 0 Å². The molecule has 100 valence electrons. The summed E-state index contributed by atoms with van der Waals surface area (Å²) in [6.07, 6.45) is 0. The van der Waals surface area contributed by atoms with Crippen molar-refractivity contribution < 1.29 is 4.74 Å². The minimum Gasteiger partial charge on any atom is -0.497 e. The summed E-state index contributed by atoms with van der Waals surface area (Å²) in [6, 6.07) is 9.20. The number of benzene rings is 1. The summed E-state index contributed by atoms with van der Waals surface area (Å²) in [4.78, 5) is 4.78. The van der Waals surface area contributed by atoms with Crippen molar-refractivity contribution in [2.75, 3.05) is 38.7 Å². The molecule has 0 radical (unpaired) electrons. The highest BCUT2D eigenvalue weighted by Gasteiger charge is 2.28. The van der Waals surface area contributed by atoms with Gasteiger partial charge in [0.1, 0.15) is 5.75 Å². The van der Waals surface area contributed by atoms with Gasteiger partial charge in [-0.2, -0.15) is 0 Å². The number of piperazine rings is 1. The van der Waals surface area contributed by atoms with Crippen LogP contribution in [0.4, 0.5) is 5.69 Å². The third kappa shape index (κ3) is 2.60. The van der Waals surface area contributed by atoms with E-state index in [1.165, 1.54) is 5.69 Å². The van der Waals surface area contributed by atoms with Crippen molar-refractivity contribution in [1.29, 1.82) is 0 Å². The average molecular weight is 249 g/mol. The summed E-state index contributed by atoms with van der Waals surface area (Å²) in [5.41, 5.74) is 7.10. The predicted octanol–water partition coefficient (Wildman–Crippen LogP) is 1.16. The van der Waals surface area contributed by atoms with Gasteiger partial charge in [0.15, 0.2) is 0 Å². The van der Waals surface area contributed by atoms with Crippen molar-refractivity contribution in [3.05, 3.63) is 24.3 Å². The standard InChI is InChI=1S/C14H23N3O/c1-11-9-17(10-13(8-15)16(11)2)12-4-6-14(18-3)7-5-12/h4-7,11,13H,8-10,15H2,1-3H3. The number of anilines is 1. The third-order valence-electron chi connectivity index (χ3n) is 3.90. The minimum atomic E-state index is 0.427. The Kier molecular flexibility index (Phi) is 4.09. The predicted molar refractivity (Wildman–Crippen MR) is 75.3 cm³/mol. The Morgan fingerprint density at radius 1 is 1.28 bits per heavy atom. The van der Waals surface area contributed by atoms with Gasteiger partial charge in [0.2, 0.25) is 0 Å². The molecule has 1 saturated heterocycles. The van der Waals surface area contributed by atoms with Gasteiger partial charge in [0, 0.05) is 37.4 Å². The second-order valence-electron chi connectivity index (χ2n) is 5.01. The molecule has 0 aromatic heterocycles. The van der Waals surface area contributed by atoms with E-state index in [2.05, 4.69) is 35.9 Å². The molecule has 0 aliphatic carbocycles. The van der Waals surface area contributed by atoms with Crippen LogP contribution in [0.25, 0.3) is 0 Å². The molecule has 2 atom stereocenters. The van der Waals surface area contributed by atoms with Crippen LogP contribution in [-0.4, -0.2) is 50.8 Å². The van der Waals surface area contributed by atoms with E-state index >= 15 is 0 Å². The Labute approximate surface area is 109 Å². The highest BCUT2D eigenvalue weighted by Crippen LogP contribution is 2.23. The highest BCUT2D eigenvalue weighted by molar-refractivity contribution is 5.50. The van der Waals surface area contributed by atoms with E-state index in [1.807, 2.05) is 12.1 Å². The van der Waals surface area contributed by atoms with Crippen LogP contribution in [0.5, 0.6) is 5.75 Å². The van der Waals surface area contributed by atoms with Crippen LogP contribution in [0.15, 0.2) is 24.3 Å². The van der Waals surface area contributed by atoms with Crippen LogP contribution in [0.2, 0.25) is 0 Å². The van der Waals surface area contributed by atoms with Gasteiger partial charge in [-0.1, -0.05) is 0 Å². The zero-order valence-corrected chi connectivity index (χ0v) is 11.5. The van der Waals surface area contributed by atoms with Gasteiger partial charge in [-0.25, -0.2) is 0 Å². The summed E-state index contributed by atoms with van der Waals surface area (Å²) in [5.74, 6) is 0.899. The Balaban J connectivity index is 2.12. The number of methoxy groups -OCH3 is 1. The zero-order valence-electron chi connectivity index (χ0n) is 11.5. The van der Waals surface area contributed by atoms with Crippen LogP contribution in [-0.2, 0) is 0 Å². The van der Waals surface area contributed by atoms with Crippen LogP contribution in [0.1, 0.15) is 6.92 Å². The molecular weight excluding hydrogens is 226 g/mol. The molecule has 1 aromatic rings. The van der Waals surface area contributed by atoms with E-state index in [0.29, 0.717) is 18.6 Å². The number of likely N-dealkylation sites (N-methyl/N-ethyl adjacent to an activating group) is 1. The quantitative estimate of drug-likeness (QED) is 0.873. The monoisotopic (exact) mass is 249 g/mol. The number of ether oxygens (including phenoxy) is 1. The van der Waals surface area contributed by atoms with Gasteiger partial charge in [0.25, 0.3) is 0 Å². The van der Waals surface area contributed by atoms with E-state index in [9.17, 15) is 0 Å².